The van der Waals surface area contributed by atoms with Crippen molar-refractivity contribution in [3.8, 4) is 5.75 Å². The highest BCUT2D eigenvalue weighted by atomic mass is 35.5. The van der Waals surface area contributed by atoms with Crippen molar-refractivity contribution in [2.75, 3.05) is 20.2 Å². The summed E-state index contributed by atoms with van der Waals surface area (Å²) in [4.78, 5) is 2.47. The number of hydrogen-bond donors (Lipinski definition) is 0. The van der Waals surface area contributed by atoms with Gasteiger partial charge in [-0.1, -0.05) is 55.0 Å². The number of aryl methyl sites for hydroxylation is 2. The smallest absolute Gasteiger partial charge is 0.122 e. The average molecular weight is 388 g/mol. The van der Waals surface area contributed by atoms with E-state index in [-0.39, 0.29) is 12.4 Å². The Kier molecular flexibility index (Phi) is 9.72. The number of para-hydroxylation sites is 1. The maximum absolute atomic E-state index is 6.15. The molecule has 3 heteroatoms. The van der Waals surface area contributed by atoms with Gasteiger partial charge in [0.05, 0.1) is 6.61 Å². The van der Waals surface area contributed by atoms with E-state index in [1.165, 1.54) is 56.2 Å². The van der Waals surface area contributed by atoms with Crippen LogP contribution in [-0.4, -0.2) is 31.1 Å². The van der Waals surface area contributed by atoms with Crippen molar-refractivity contribution in [3.63, 3.8) is 0 Å². The van der Waals surface area contributed by atoms with E-state index in [2.05, 4.69) is 66.5 Å². The first kappa shape index (κ1) is 21.8. The van der Waals surface area contributed by atoms with Gasteiger partial charge in [-0.25, -0.2) is 0 Å². The molecule has 1 saturated heterocycles. The fraction of sp³-hybridized carbons (Fsp3) is 0.500. The standard InChI is InChI=1S/C24H33NO.ClH/c1-25-19-10-16-23(25)18-20-26-24-17-9-8-15-22(24)14-7-3-6-13-21-11-4-2-5-12-21;/h2,4-5,8-9,11-12,15,17,23H,3,6-7,10,13-14,16,18-20H2,1H3;1H. The van der Waals surface area contributed by atoms with Crippen LogP contribution < -0.4 is 4.74 Å². The maximum Gasteiger partial charge on any atom is 0.122 e. The molecule has 0 aliphatic carbocycles. The number of halogens is 1. The summed E-state index contributed by atoms with van der Waals surface area (Å²) in [5.74, 6) is 1.09. The van der Waals surface area contributed by atoms with Gasteiger partial charge in [0.1, 0.15) is 5.75 Å². The summed E-state index contributed by atoms with van der Waals surface area (Å²) in [6.07, 6.45) is 9.88. The van der Waals surface area contributed by atoms with Gasteiger partial charge in [-0.15, -0.1) is 12.4 Å². The molecule has 0 aromatic heterocycles. The Morgan fingerprint density at radius 1 is 0.926 bits per heavy atom. The molecule has 0 saturated carbocycles. The lowest BCUT2D eigenvalue weighted by Crippen LogP contribution is -2.26. The van der Waals surface area contributed by atoms with E-state index in [0.29, 0.717) is 6.04 Å². The molecule has 1 unspecified atom stereocenters. The van der Waals surface area contributed by atoms with Crippen molar-refractivity contribution in [3.05, 3.63) is 65.7 Å². The van der Waals surface area contributed by atoms with Crippen LogP contribution in [0.3, 0.4) is 0 Å². The zero-order chi connectivity index (χ0) is 18.0. The van der Waals surface area contributed by atoms with Crippen molar-refractivity contribution < 1.29 is 4.74 Å². The Hall–Kier alpha value is -1.51. The highest BCUT2D eigenvalue weighted by Gasteiger charge is 2.20. The molecule has 0 spiro atoms. The van der Waals surface area contributed by atoms with E-state index in [0.717, 1.165) is 25.2 Å². The van der Waals surface area contributed by atoms with Crippen LogP contribution >= 0.6 is 12.4 Å². The number of unbranched alkanes of at least 4 members (excludes halogenated alkanes) is 2. The van der Waals surface area contributed by atoms with Gasteiger partial charge in [0.25, 0.3) is 0 Å². The van der Waals surface area contributed by atoms with Crippen molar-refractivity contribution >= 4 is 12.4 Å². The topological polar surface area (TPSA) is 12.5 Å². The molecule has 0 amide bonds. The van der Waals surface area contributed by atoms with Crippen LogP contribution in [0.25, 0.3) is 0 Å². The molecule has 1 aliphatic heterocycles. The third-order valence-corrected chi connectivity index (χ3v) is 5.61. The summed E-state index contributed by atoms with van der Waals surface area (Å²) in [5, 5.41) is 0. The molecule has 1 aliphatic rings. The molecular formula is C24H34ClNO. The van der Waals surface area contributed by atoms with Gasteiger partial charge in [-0.2, -0.15) is 0 Å². The Labute approximate surface area is 171 Å². The van der Waals surface area contributed by atoms with E-state index >= 15 is 0 Å². The van der Waals surface area contributed by atoms with E-state index in [4.69, 9.17) is 4.74 Å². The van der Waals surface area contributed by atoms with Gasteiger partial charge in [-0.05, 0) is 75.7 Å². The summed E-state index contributed by atoms with van der Waals surface area (Å²) < 4.78 is 6.15. The van der Waals surface area contributed by atoms with Crippen molar-refractivity contribution in [2.45, 2.75) is 57.4 Å². The molecule has 0 radical (unpaired) electrons. The first-order chi connectivity index (χ1) is 12.8. The molecule has 3 rings (SSSR count). The van der Waals surface area contributed by atoms with Crippen LogP contribution in [0.4, 0.5) is 0 Å². The van der Waals surface area contributed by atoms with Gasteiger partial charge in [0, 0.05) is 6.04 Å². The van der Waals surface area contributed by atoms with Gasteiger partial charge >= 0.3 is 0 Å². The molecule has 2 aromatic carbocycles. The second-order valence-corrected chi connectivity index (χ2v) is 7.57. The maximum atomic E-state index is 6.15. The lowest BCUT2D eigenvalue weighted by Gasteiger charge is -2.20. The van der Waals surface area contributed by atoms with Crippen LogP contribution in [0, 0.1) is 0 Å². The highest BCUT2D eigenvalue weighted by Crippen LogP contribution is 2.23. The lowest BCUT2D eigenvalue weighted by molar-refractivity contribution is 0.232. The monoisotopic (exact) mass is 387 g/mol. The Bertz CT molecular complexity index is 646. The zero-order valence-electron chi connectivity index (χ0n) is 16.6. The SMILES string of the molecule is CN1CCCC1CCOc1ccccc1CCCCCc1ccccc1.Cl. The van der Waals surface area contributed by atoms with Gasteiger partial charge in [0.15, 0.2) is 0 Å². The van der Waals surface area contributed by atoms with Crippen LogP contribution in [0.5, 0.6) is 5.75 Å². The normalized spacial score (nSPS) is 16.9. The molecule has 1 fully saturated rings. The lowest BCUT2D eigenvalue weighted by atomic mass is 10.0. The van der Waals surface area contributed by atoms with Crippen LogP contribution in [0.2, 0.25) is 0 Å². The van der Waals surface area contributed by atoms with Crippen molar-refractivity contribution in [1.82, 2.24) is 4.90 Å². The Morgan fingerprint density at radius 3 is 2.44 bits per heavy atom. The van der Waals surface area contributed by atoms with Crippen molar-refractivity contribution in [2.24, 2.45) is 0 Å². The molecule has 1 heterocycles. The predicted molar refractivity (Wildman–Crippen MR) is 117 cm³/mol. The van der Waals surface area contributed by atoms with Gasteiger partial charge < -0.3 is 9.64 Å². The summed E-state index contributed by atoms with van der Waals surface area (Å²) in [6.45, 7) is 2.07. The van der Waals surface area contributed by atoms with Crippen molar-refractivity contribution in [1.29, 1.82) is 0 Å². The summed E-state index contributed by atoms with van der Waals surface area (Å²) in [5.41, 5.74) is 2.82. The molecule has 27 heavy (non-hydrogen) atoms. The van der Waals surface area contributed by atoms with Crippen LogP contribution in [-0.2, 0) is 12.8 Å². The highest BCUT2D eigenvalue weighted by molar-refractivity contribution is 5.85. The summed E-state index contributed by atoms with van der Waals surface area (Å²) in [7, 11) is 2.24. The fourth-order valence-corrected chi connectivity index (χ4v) is 3.97. The number of rotatable bonds is 10. The predicted octanol–water partition coefficient (Wildman–Crippen LogP) is 5.93. The molecule has 1 atom stereocenters. The summed E-state index contributed by atoms with van der Waals surface area (Å²) in [6, 6.07) is 20.1. The molecule has 2 aromatic rings. The van der Waals surface area contributed by atoms with Crippen LogP contribution in [0.15, 0.2) is 54.6 Å². The largest absolute Gasteiger partial charge is 0.493 e. The Balaban J connectivity index is 0.00000261. The molecule has 2 nitrogen and oxygen atoms in total. The number of benzene rings is 2. The van der Waals surface area contributed by atoms with E-state index in [1.54, 1.807) is 0 Å². The second kappa shape index (κ2) is 12.0. The molecule has 148 valence electrons. The molecular weight excluding hydrogens is 354 g/mol. The number of ether oxygens (including phenoxy) is 1. The molecule has 0 N–H and O–H groups in total. The number of hydrogen-bond acceptors (Lipinski definition) is 2. The first-order valence-corrected chi connectivity index (χ1v) is 10.3. The third-order valence-electron chi connectivity index (χ3n) is 5.61. The first-order valence-electron chi connectivity index (χ1n) is 10.3. The Morgan fingerprint density at radius 2 is 1.67 bits per heavy atom. The quantitative estimate of drug-likeness (QED) is 0.468. The average Bonchev–Trinajstić information content (AvgIpc) is 3.08. The van der Waals surface area contributed by atoms with Crippen LogP contribution in [0.1, 0.15) is 49.7 Å². The number of likely N-dealkylation sites (tertiary alicyclic amines) is 1. The summed E-state index contributed by atoms with van der Waals surface area (Å²) >= 11 is 0. The van der Waals surface area contributed by atoms with Gasteiger partial charge in [0.2, 0.25) is 0 Å². The third kappa shape index (κ3) is 7.20. The fourth-order valence-electron chi connectivity index (χ4n) is 3.97. The minimum atomic E-state index is 0. The van der Waals surface area contributed by atoms with Gasteiger partial charge in [-0.3, -0.25) is 0 Å². The van der Waals surface area contributed by atoms with E-state index in [9.17, 15) is 0 Å². The molecule has 0 bridgehead atoms. The number of nitrogens with zero attached hydrogens (tertiary/aromatic N) is 1. The van der Waals surface area contributed by atoms with E-state index < -0.39 is 0 Å². The minimum Gasteiger partial charge on any atom is -0.493 e. The van der Waals surface area contributed by atoms with E-state index in [1.807, 2.05) is 0 Å². The second-order valence-electron chi connectivity index (χ2n) is 7.57. The zero-order valence-corrected chi connectivity index (χ0v) is 17.4. The minimum absolute atomic E-state index is 0.